The normalized spacial score (nSPS) is 18.0. The number of hydrogen-bond acceptors (Lipinski definition) is 2. The Morgan fingerprint density at radius 3 is 2.04 bits per heavy atom. The molecule has 124 valence electrons. The number of aliphatic hydroxyl groups excluding tert-OH is 1. The van der Waals surface area contributed by atoms with Crippen molar-refractivity contribution >= 4 is 28.3 Å². The van der Waals surface area contributed by atoms with E-state index in [1.807, 2.05) is 30.3 Å². The molecule has 2 nitrogen and oxygen atoms in total. The second kappa shape index (κ2) is 8.84. The molecule has 2 aromatic rings. The third-order valence-electron chi connectivity index (χ3n) is 4.44. The summed E-state index contributed by atoms with van der Waals surface area (Å²) in [4.78, 5) is 2.44. The van der Waals surface area contributed by atoms with Gasteiger partial charge in [-0.05, 0) is 49.2 Å². The minimum Gasteiger partial charge on any atom is -0.386 e. The van der Waals surface area contributed by atoms with Crippen molar-refractivity contribution in [3.63, 3.8) is 0 Å². The standard InChI is InChI=1S/C19H22BrNO.ClH/c20-17-11-9-16(10-12-17)19(22)18(15-7-3-1-4-8-15)21-13-5-2-6-14-21;/h1,3-4,7-12,18-19,22H,2,5-6,13-14H2;1H. The number of nitrogens with zero attached hydrogens (tertiary/aromatic N) is 1. The molecule has 1 fully saturated rings. The number of rotatable bonds is 4. The molecule has 0 radical (unpaired) electrons. The molecule has 4 heteroatoms. The number of benzene rings is 2. The van der Waals surface area contributed by atoms with Crippen LogP contribution in [0.25, 0.3) is 0 Å². The molecule has 1 aliphatic heterocycles. The van der Waals surface area contributed by atoms with Crippen molar-refractivity contribution < 1.29 is 5.11 Å². The van der Waals surface area contributed by atoms with Crippen LogP contribution in [0.3, 0.4) is 0 Å². The summed E-state index contributed by atoms with van der Waals surface area (Å²) in [5.41, 5.74) is 2.17. The second-order valence-corrected chi connectivity index (χ2v) is 6.86. The Morgan fingerprint density at radius 1 is 0.826 bits per heavy atom. The Kier molecular flexibility index (Phi) is 7.09. The predicted octanol–water partition coefficient (Wildman–Crippen LogP) is 5.13. The molecule has 0 aliphatic carbocycles. The fraction of sp³-hybridized carbons (Fsp3) is 0.368. The largest absolute Gasteiger partial charge is 0.386 e. The van der Waals surface area contributed by atoms with Crippen LogP contribution in [0.4, 0.5) is 0 Å². The van der Waals surface area contributed by atoms with Gasteiger partial charge >= 0.3 is 0 Å². The van der Waals surface area contributed by atoms with Crippen LogP contribution in [0.15, 0.2) is 59.1 Å². The third kappa shape index (κ3) is 4.57. The van der Waals surface area contributed by atoms with E-state index in [1.165, 1.54) is 24.8 Å². The van der Waals surface area contributed by atoms with E-state index in [1.54, 1.807) is 0 Å². The maximum Gasteiger partial charge on any atom is 0.0986 e. The minimum absolute atomic E-state index is 0. The SMILES string of the molecule is Cl.OC(c1ccc(Br)cc1)C(c1ccccc1)N1CCCCC1. The Labute approximate surface area is 153 Å². The van der Waals surface area contributed by atoms with Gasteiger partial charge in [-0.2, -0.15) is 0 Å². The molecule has 3 rings (SSSR count). The summed E-state index contributed by atoms with van der Waals surface area (Å²) in [6.45, 7) is 2.13. The van der Waals surface area contributed by atoms with Crippen LogP contribution < -0.4 is 0 Å². The molecule has 1 N–H and O–H groups in total. The van der Waals surface area contributed by atoms with Crippen molar-refractivity contribution in [2.24, 2.45) is 0 Å². The number of likely N-dealkylation sites (tertiary alicyclic amines) is 1. The molecular weight excluding hydrogens is 374 g/mol. The van der Waals surface area contributed by atoms with Gasteiger partial charge in [-0.25, -0.2) is 0 Å². The summed E-state index contributed by atoms with van der Waals surface area (Å²) in [5, 5.41) is 11.0. The molecule has 1 heterocycles. The topological polar surface area (TPSA) is 23.5 Å². The second-order valence-electron chi connectivity index (χ2n) is 5.95. The fourth-order valence-electron chi connectivity index (χ4n) is 3.28. The third-order valence-corrected chi connectivity index (χ3v) is 4.96. The van der Waals surface area contributed by atoms with Crippen LogP contribution in [0, 0.1) is 0 Å². The van der Waals surface area contributed by atoms with Crippen LogP contribution in [0.2, 0.25) is 0 Å². The maximum absolute atomic E-state index is 11.0. The van der Waals surface area contributed by atoms with Crippen molar-refractivity contribution in [3.8, 4) is 0 Å². The van der Waals surface area contributed by atoms with E-state index in [0.29, 0.717) is 0 Å². The Balaban J connectivity index is 0.00000192. The number of piperidine rings is 1. The quantitative estimate of drug-likeness (QED) is 0.774. The Morgan fingerprint density at radius 2 is 1.43 bits per heavy atom. The first kappa shape index (κ1) is 18.5. The van der Waals surface area contributed by atoms with Gasteiger partial charge in [0.05, 0.1) is 12.1 Å². The molecule has 2 atom stereocenters. The highest BCUT2D eigenvalue weighted by atomic mass is 79.9. The lowest BCUT2D eigenvalue weighted by Gasteiger charge is -2.37. The zero-order valence-corrected chi connectivity index (χ0v) is 15.5. The van der Waals surface area contributed by atoms with E-state index < -0.39 is 6.10 Å². The minimum atomic E-state index is -0.506. The van der Waals surface area contributed by atoms with Crippen molar-refractivity contribution in [2.75, 3.05) is 13.1 Å². The lowest BCUT2D eigenvalue weighted by atomic mass is 9.93. The highest BCUT2D eigenvalue weighted by Crippen LogP contribution is 2.36. The lowest BCUT2D eigenvalue weighted by molar-refractivity contribution is 0.0362. The summed E-state index contributed by atoms with van der Waals surface area (Å²) < 4.78 is 1.04. The molecule has 0 spiro atoms. The molecule has 0 bridgehead atoms. The Bertz CT molecular complexity index is 584. The smallest absolute Gasteiger partial charge is 0.0986 e. The molecule has 2 aromatic carbocycles. The van der Waals surface area contributed by atoms with Gasteiger partial charge < -0.3 is 5.11 Å². The van der Waals surface area contributed by atoms with E-state index in [4.69, 9.17) is 0 Å². The predicted molar refractivity (Wildman–Crippen MR) is 101 cm³/mol. The molecule has 23 heavy (non-hydrogen) atoms. The van der Waals surface area contributed by atoms with E-state index in [2.05, 4.69) is 45.1 Å². The van der Waals surface area contributed by atoms with Crippen LogP contribution in [0.1, 0.15) is 42.5 Å². The number of hydrogen-bond donors (Lipinski definition) is 1. The van der Waals surface area contributed by atoms with Crippen LogP contribution in [-0.4, -0.2) is 23.1 Å². The summed E-state index contributed by atoms with van der Waals surface area (Å²) in [7, 11) is 0. The van der Waals surface area contributed by atoms with E-state index in [-0.39, 0.29) is 18.4 Å². The van der Waals surface area contributed by atoms with E-state index >= 15 is 0 Å². The molecule has 2 unspecified atom stereocenters. The number of aliphatic hydroxyl groups is 1. The van der Waals surface area contributed by atoms with Gasteiger partial charge in [0.15, 0.2) is 0 Å². The van der Waals surface area contributed by atoms with Crippen LogP contribution >= 0.6 is 28.3 Å². The summed E-state index contributed by atoms with van der Waals surface area (Å²) >= 11 is 3.46. The lowest BCUT2D eigenvalue weighted by Crippen LogP contribution is -2.37. The highest BCUT2D eigenvalue weighted by molar-refractivity contribution is 9.10. The van der Waals surface area contributed by atoms with E-state index in [9.17, 15) is 5.11 Å². The van der Waals surface area contributed by atoms with Gasteiger partial charge in [0.25, 0.3) is 0 Å². The monoisotopic (exact) mass is 395 g/mol. The van der Waals surface area contributed by atoms with Crippen molar-refractivity contribution in [2.45, 2.75) is 31.4 Å². The van der Waals surface area contributed by atoms with Gasteiger partial charge in [0.2, 0.25) is 0 Å². The summed E-state index contributed by atoms with van der Waals surface area (Å²) in [6, 6.07) is 18.4. The van der Waals surface area contributed by atoms with Gasteiger partial charge in [-0.3, -0.25) is 4.90 Å². The van der Waals surface area contributed by atoms with Gasteiger partial charge in [0.1, 0.15) is 0 Å². The average molecular weight is 397 g/mol. The average Bonchev–Trinajstić information content (AvgIpc) is 2.57. The first-order valence-corrected chi connectivity index (χ1v) is 8.77. The maximum atomic E-state index is 11.0. The first-order chi connectivity index (χ1) is 10.8. The van der Waals surface area contributed by atoms with E-state index in [0.717, 1.165) is 23.1 Å². The molecule has 0 amide bonds. The van der Waals surface area contributed by atoms with Gasteiger partial charge in [0, 0.05) is 4.47 Å². The molecule has 0 saturated carbocycles. The van der Waals surface area contributed by atoms with Gasteiger partial charge in [-0.1, -0.05) is 64.8 Å². The molecule has 0 aromatic heterocycles. The zero-order valence-electron chi connectivity index (χ0n) is 13.1. The van der Waals surface area contributed by atoms with Crippen LogP contribution in [-0.2, 0) is 0 Å². The summed E-state index contributed by atoms with van der Waals surface area (Å²) in [5.74, 6) is 0. The molecule has 1 saturated heterocycles. The summed E-state index contributed by atoms with van der Waals surface area (Å²) in [6.07, 6.45) is 3.23. The van der Waals surface area contributed by atoms with Crippen molar-refractivity contribution in [1.29, 1.82) is 0 Å². The molecule has 1 aliphatic rings. The molecular formula is C19H23BrClNO. The van der Waals surface area contributed by atoms with Gasteiger partial charge in [-0.15, -0.1) is 12.4 Å². The fourth-order valence-corrected chi connectivity index (χ4v) is 3.55. The highest BCUT2D eigenvalue weighted by Gasteiger charge is 2.29. The zero-order chi connectivity index (χ0) is 15.4. The van der Waals surface area contributed by atoms with Crippen molar-refractivity contribution in [3.05, 3.63) is 70.2 Å². The van der Waals surface area contributed by atoms with Crippen LogP contribution in [0.5, 0.6) is 0 Å². The number of halogens is 2. The Hall–Kier alpha value is -0.870. The first-order valence-electron chi connectivity index (χ1n) is 7.98. The van der Waals surface area contributed by atoms with Crippen molar-refractivity contribution in [1.82, 2.24) is 4.90 Å².